The first-order chi connectivity index (χ1) is 7.63. The maximum atomic E-state index is 13.2. The average Bonchev–Trinajstić information content (AvgIpc) is 2.24. The van der Waals surface area contributed by atoms with E-state index in [9.17, 15) is 9.18 Å². The Morgan fingerprint density at radius 1 is 1.50 bits per heavy atom. The van der Waals surface area contributed by atoms with Crippen LogP contribution in [0.25, 0.3) is 0 Å². The van der Waals surface area contributed by atoms with Crippen LogP contribution >= 0.6 is 0 Å². The number of urea groups is 1. The van der Waals surface area contributed by atoms with Crippen LogP contribution in [-0.4, -0.2) is 24.3 Å². The molecule has 3 N–H and O–H groups in total. The molecule has 0 saturated heterocycles. The number of rotatable bonds is 4. The van der Waals surface area contributed by atoms with E-state index in [1.54, 1.807) is 12.1 Å². The zero-order valence-electron chi connectivity index (χ0n) is 9.09. The summed E-state index contributed by atoms with van der Waals surface area (Å²) in [7, 11) is 0. The molecule has 0 aliphatic rings. The van der Waals surface area contributed by atoms with Gasteiger partial charge in [-0.2, -0.15) is 0 Å². The van der Waals surface area contributed by atoms with Gasteiger partial charge in [-0.15, -0.1) is 0 Å². The van der Waals surface area contributed by atoms with E-state index in [1.807, 2.05) is 6.92 Å². The van der Waals surface area contributed by atoms with Crippen molar-refractivity contribution < 1.29 is 14.3 Å². The van der Waals surface area contributed by atoms with Gasteiger partial charge in [0.25, 0.3) is 0 Å². The number of aliphatic hydroxyl groups is 1. The average molecular weight is 226 g/mol. The third-order valence-electron chi connectivity index (χ3n) is 1.99. The van der Waals surface area contributed by atoms with E-state index in [4.69, 9.17) is 5.11 Å². The summed E-state index contributed by atoms with van der Waals surface area (Å²) < 4.78 is 13.2. The van der Waals surface area contributed by atoms with Gasteiger partial charge in [-0.05, 0) is 31.0 Å². The lowest BCUT2D eigenvalue weighted by Gasteiger charge is -2.08. The third kappa shape index (κ3) is 3.86. The van der Waals surface area contributed by atoms with Gasteiger partial charge in [0, 0.05) is 13.2 Å². The van der Waals surface area contributed by atoms with Crippen molar-refractivity contribution in [3.05, 3.63) is 29.6 Å². The molecule has 0 fully saturated rings. The molecule has 0 atom stereocenters. The molecule has 0 aromatic heterocycles. The zero-order valence-corrected chi connectivity index (χ0v) is 9.09. The molecule has 0 bridgehead atoms. The van der Waals surface area contributed by atoms with Gasteiger partial charge in [0.1, 0.15) is 5.82 Å². The van der Waals surface area contributed by atoms with Crippen molar-refractivity contribution in [1.29, 1.82) is 0 Å². The highest BCUT2D eigenvalue weighted by Crippen LogP contribution is 2.15. The van der Waals surface area contributed by atoms with E-state index in [0.29, 0.717) is 13.0 Å². The Hall–Kier alpha value is -1.62. The lowest BCUT2D eigenvalue weighted by Crippen LogP contribution is -2.30. The topological polar surface area (TPSA) is 61.4 Å². The first kappa shape index (κ1) is 12.4. The van der Waals surface area contributed by atoms with Crippen molar-refractivity contribution in [3.8, 4) is 0 Å². The fourth-order valence-electron chi connectivity index (χ4n) is 1.18. The predicted octanol–water partition coefficient (Wildman–Crippen LogP) is 1.64. The molecule has 0 aliphatic heterocycles. The molecule has 5 heteroatoms. The van der Waals surface area contributed by atoms with Crippen LogP contribution in [0.3, 0.4) is 0 Å². The standard InChI is InChI=1S/C11H15FN2O2/c1-8-3-4-9(12)10(7-8)14-11(16)13-5-2-6-15/h3-4,7,15H,2,5-6H2,1H3,(H2,13,14,16). The molecule has 16 heavy (non-hydrogen) atoms. The summed E-state index contributed by atoms with van der Waals surface area (Å²) in [6.45, 7) is 2.18. The molecular weight excluding hydrogens is 211 g/mol. The fraction of sp³-hybridized carbons (Fsp3) is 0.364. The fourth-order valence-corrected chi connectivity index (χ4v) is 1.18. The van der Waals surface area contributed by atoms with E-state index < -0.39 is 11.8 Å². The summed E-state index contributed by atoms with van der Waals surface area (Å²) >= 11 is 0. The highest BCUT2D eigenvalue weighted by atomic mass is 19.1. The molecule has 0 aliphatic carbocycles. The minimum atomic E-state index is -0.474. The third-order valence-corrected chi connectivity index (χ3v) is 1.99. The number of aliphatic hydroxyl groups excluding tert-OH is 1. The Kier molecular flexibility index (Phi) is 4.72. The molecule has 1 rings (SSSR count). The van der Waals surface area contributed by atoms with Gasteiger partial charge in [0.2, 0.25) is 0 Å². The number of carbonyl (C=O) groups is 1. The Morgan fingerprint density at radius 3 is 2.94 bits per heavy atom. The number of anilines is 1. The van der Waals surface area contributed by atoms with Crippen LogP contribution in [0.5, 0.6) is 0 Å². The van der Waals surface area contributed by atoms with E-state index >= 15 is 0 Å². The minimum absolute atomic E-state index is 0.0130. The zero-order chi connectivity index (χ0) is 12.0. The van der Waals surface area contributed by atoms with Gasteiger partial charge >= 0.3 is 6.03 Å². The van der Waals surface area contributed by atoms with Crippen LogP contribution in [0.4, 0.5) is 14.9 Å². The lowest BCUT2D eigenvalue weighted by molar-refractivity contribution is 0.248. The van der Waals surface area contributed by atoms with Crippen LogP contribution in [-0.2, 0) is 0 Å². The van der Waals surface area contributed by atoms with Crippen LogP contribution in [0.1, 0.15) is 12.0 Å². The van der Waals surface area contributed by atoms with Crippen LogP contribution < -0.4 is 10.6 Å². The molecule has 0 heterocycles. The van der Waals surface area contributed by atoms with E-state index in [-0.39, 0.29) is 12.3 Å². The van der Waals surface area contributed by atoms with Crippen molar-refractivity contribution in [2.45, 2.75) is 13.3 Å². The number of halogens is 1. The molecule has 88 valence electrons. The molecule has 4 nitrogen and oxygen atoms in total. The molecule has 0 spiro atoms. The first-order valence-electron chi connectivity index (χ1n) is 5.05. The van der Waals surface area contributed by atoms with Gasteiger partial charge in [-0.3, -0.25) is 0 Å². The van der Waals surface area contributed by atoms with Gasteiger partial charge in [-0.25, -0.2) is 9.18 Å². The summed E-state index contributed by atoms with van der Waals surface area (Å²) in [5.41, 5.74) is 1.02. The monoisotopic (exact) mass is 226 g/mol. The van der Waals surface area contributed by atoms with Gasteiger partial charge in [-0.1, -0.05) is 6.07 Å². The van der Waals surface area contributed by atoms with Crippen molar-refractivity contribution >= 4 is 11.7 Å². The molecule has 1 aromatic carbocycles. The molecular formula is C11H15FN2O2. The van der Waals surface area contributed by atoms with E-state index in [1.165, 1.54) is 6.07 Å². The number of aryl methyl sites for hydroxylation is 1. The van der Waals surface area contributed by atoms with Crippen LogP contribution in [0, 0.1) is 12.7 Å². The summed E-state index contributed by atoms with van der Waals surface area (Å²) in [4.78, 5) is 11.3. The second-order valence-corrected chi connectivity index (χ2v) is 3.44. The van der Waals surface area contributed by atoms with Crippen LogP contribution in [0.2, 0.25) is 0 Å². The van der Waals surface area contributed by atoms with E-state index in [2.05, 4.69) is 10.6 Å². The quantitative estimate of drug-likeness (QED) is 0.683. The molecule has 0 saturated carbocycles. The van der Waals surface area contributed by atoms with Crippen LogP contribution in [0.15, 0.2) is 18.2 Å². The summed E-state index contributed by atoms with van der Waals surface area (Å²) in [5, 5.41) is 13.4. The Labute approximate surface area is 93.5 Å². The molecule has 0 unspecified atom stereocenters. The minimum Gasteiger partial charge on any atom is -0.396 e. The molecule has 2 amide bonds. The van der Waals surface area contributed by atoms with Gasteiger partial charge in [0.15, 0.2) is 0 Å². The second kappa shape index (κ2) is 6.07. The van der Waals surface area contributed by atoms with Gasteiger partial charge in [0.05, 0.1) is 5.69 Å². The maximum absolute atomic E-state index is 13.2. The summed E-state index contributed by atoms with van der Waals surface area (Å²) in [5.74, 6) is -0.470. The highest BCUT2D eigenvalue weighted by molar-refractivity contribution is 5.89. The molecule has 0 radical (unpaired) electrons. The van der Waals surface area contributed by atoms with Gasteiger partial charge < -0.3 is 15.7 Å². The number of hydrogen-bond acceptors (Lipinski definition) is 2. The SMILES string of the molecule is Cc1ccc(F)c(NC(=O)NCCCO)c1. The van der Waals surface area contributed by atoms with Crippen molar-refractivity contribution in [2.24, 2.45) is 0 Å². The van der Waals surface area contributed by atoms with Crippen molar-refractivity contribution in [2.75, 3.05) is 18.5 Å². The Balaban J connectivity index is 2.52. The predicted molar refractivity (Wildman–Crippen MR) is 59.9 cm³/mol. The Bertz CT molecular complexity index is 369. The number of nitrogens with one attached hydrogen (secondary N) is 2. The summed E-state index contributed by atoms with van der Waals surface area (Å²) in [6, 6.07) is 4.02. The number of carbonyl (C=O) groups excluding carboxylic acids is 1. The number of amides is 2. The smallest absolute Gasteiger partial charge is 0.319 e. The van der Waals surface area contributed by atoms with Crippen molar-refractivity contribution in [3.63, 3.8) is 0 Å². The maximum Gasteiger partial charge on any atom is 0.319 e. The number of hydrogen-bond donors (Lipinski definition) is 3. The Morgan fingerprint density at radius 2 is 2.25 bits per heavy atom. The largest absolute Gasteiger partial charge is 0.396 e. The second-order valence-electron chi connectivity index (χ2n) is 3.44. The highest BCUT2D eigenvalue weighted by Gasteiger charge is 2.05. The first-order valence-corrected chi connectivity index (χ1v) is 5.05. The lowest BCUT2D eigenvalue weighted by atomic mass is 10.2. The molecule has 1 aromatic rings. The van der Waals surface area contributed by atoms with Crippen molar-refractivity contribution in [1.82, 2.24) is 5.32 Å². The van der Waals surface area contributed by atoms with E-state index in [0.717, 1.165) is 5.56 Å². The summed E-state index contributed by atoms with van der Waals surface area (Å²) in [6.07, 6.45) is 0.476. The number of benzene rings is 1. The normalized spacial score (nSPS) is 9.94.